The number of hydrogen-bond donors (Lipinski definition) is 1. The molecule has 1 atom stereocenters. The van der Waals surface area contributed by atoms with Crippen LogP contribution < -0.4 is 0 Å². The summed E-state index contributed by atoms with van der Waals surface area (Å²) in [6, 6.07) is 13.2. The lowest BCUT2D eigenvalue weighted by Gasteiger charge is -2.13. The molecule has 5 heteroatoms. The molecule has 106 valence electrons. The topological polar surface area (TPSA) is 20.2 Å². The van der Waals surface area contributed by atoms with Crippen LogP contribution >= 0.6 is 11.8 Å². The molecule has 1 N–H and O–H groups in total. The molecule has 0 bridgehead atoms. The minimum absolute atomic E-state index is 0.109. The fraction of sp³-hybridized carbons (Fsp3) is 0.200. The first-order valence-corrected chi connectivity index (χ1v) is 6.77. The molecule has 2 aromatic rings. The van der Waals surface area contributed by atoms with Gasteiger partial charge >= 0.3 is 5.51 Å². The van der Waals surface area contributed by atoms with Crippen LogP contribution in [0.2, 0.25) is 0 Å². The first-order chi connectivity index (χ1) is 9.35. The van der Waals surface area contributed by atoms with E-state index in [0.717, 1.165) is 11.1 Å². The Hall–Kier alpha value is -1.46. The van der Waals surface area contributed by atoms with Crippen LogP contribution in [0.3, 0.4) is 0 Å². The predicted octanol–water partition coefficient (Wildman–Crippen LogP) is 4.69. The standard InChI is InChI=1S/C15H13F3OS/c1-10-3-2-4-12(9-10)14(19)11-5-7-13(8-6-11)20-15(16,17)18/h2-9,14,19H,1H3. The van der Waals surface area contributed by atoms with Crippen molar-refractivity contribution in [3.05, 3.63) is 65.2 Å². The molecule has 0 saturated heterocycles. The lowest BCUT2D eigenvalue weighted by molar-refractivity contribution is -0.0328. The largest absolute Gasteiger partial charge is 0.446 e. The van der Waals surface area contributed by atoms with E-state index in [1.165, 1.54) is 24.3 Å². The Bertz CT molecular complexity index is 578. The molecule has 1 nitrogen and oxygen atoms in total. The summed E-state index contributed by atoms with van der Waals surface area (Å²) in [6.45, 7) is 1.92. The van der Waals surface area contributed by atoms with Gasteiger partial charge in [0.2, 0.25) is 0 Å². The van der Waals surface area contributed by atoms with E-state index >= 15 is 0 Å². The van der Waals surface area contributed by atoms with Gasteiger partial charge in [0.25, 0.3) is 0 Å². The van der Waals surface area contributed by atoms with E-state index in [2.05, 4.69) is 0 Å². The number of alkyl halides is 3. The highest BCUT2D eigenvalue weighted by atomic mass is 32.2. The number of aliphatic hydroxyl groups excluding tert-OH is 1. The molecule has 0 aliphatic carbocycles. The molecule has 1 unspecified atom stereocenters. The monoisotopic (exact) mass is 298 g/mol. The van der Waals surface area contributed by atoms with Gasteiger partial charge in [0.1, 0.15) is 6.10 Å². The van der Waals surface area contributed by atoms with Crippen molar-refractivity contribution in [1.29, 1.82) is 0 Å². The third kappa shape index (κ3) is 4.02. The molecule has 0 amide bonds. The first-order valence-electron chi connectivity index (χ1n) is 5.95. The average molecular weight is 298 g/mol. The summed E-state index contributed by atoms with van der Waals surface area (Å²) < 4.78 is 36.7. The van der Waals surface area contributed by atoms with Gasteiger partial charge in [0, 0.05) is 4.90 Å². The zero-order chi connectivity index (χ0) is 14.8. The maximum atomic E-state index is 12.2. The first kappa shape index (κ1) is 14.9. The second-order valence-corrected chi connectivity index (χ2v) is 5.57. The van der Waals surface area contributed by atoms with Crippen molar-refractivity contribution in [3.63, 3.8) is 0 Å². The Balaban J connectivity index is 2.17. The zero-order valence-electron chi connectivity index (χ0n) is 10.7. The predicted molar refractivity (Wildman–Crippen MR) is 73.6 cm³/mol. The lowest BCUT2D eigenvalue weighted by Crippen LogP contribution is -2.01. The van der Waals surface area contributed by atoms with Gasteiger partial charge in [-0.2, -0.15) is 13.2 Å². The van der Waals surface area contributed by atoms with Crippen molar-refractivity contribution >= 4 is 11.8 Å². The van der Waals surface area contributed by atoms with Crippen molar-refractivity contribution < 1.29 is 18.3 Å². The molecule has 0 heterocycles. The van der Waals surface area contributed by atoms with Gasteiger partial charge in [-0.25, -0.2) is 0 Å². The smallest absolute Gasteiger partial charge is 0.384 e. The molecule has 0 radical (unpaired) electrons. The minimum atomic E-state index is -4.29. The Morgan fingerprint density at radius 1 is 1.00 bits per heavy atom. The molecule has 0 aromatic heterocycles. The van der Waals surface area contributed by atoms with Crippen LogP contribution in [-0.4, -0.2) is 10.6 Å². The summed E-state index contributed by atoms with van der Waals surface area (Å²) in [7, 11) is 0. The van der Waals surface area contributed by atoms with Gasteiger partial charge in [0.15, 0.2) is 0 Å². The number of hydrogen-bond acceptors (Lipinski definition) is 2. The SMILES string of the molecule is Cc1cccc(C(O)c2ccc(SC(F)(F)F)cc2)c1. The van der Waals surface area contributed by atoms with E-state index in [1.807, 2.05) is 25.1 Å². The second-order valence-electron chi connectivity index (χ2n) is 4.43. The minimum Gasteiger partial charge on any atom is -0.384 e. The van der Waals surface area contributed by atoms with Crippen molar-refractivity contribution in [2.75, 3.05) is 0 Å². The fourth-order valence-electron chi connectivity index (χ4n) is 1.88. The summed E-state index contributed by atoms with van der Waals surface area (Å²) in [5.41, 5.74) is -1.98. The van der Waals surface area contributed by atoms with Gasteiger partial charge in [-0.15, -0.1) is 0 Å². The van der Waals surface area contributed by atoms with E-state index in [1.54, 1.807) is 6.07 Å². The number of halogens is 3. The molecule has 0 aliphatic rings. The molecule has 0 saturated carbocycles. The van der Waals surface area contributed by atoms with Crippen molar-refractivity contribution in [1.82, 2.24) is 0 Å². The third-order valence-corrected chi connectivity index (χ3v) is 3.53. The van der Waals surface area contributed by atoms with E-state index in [-0.39, 0.29) is 16.7 Å². The van der Waals surface area contributed by atoms with Gasteiger partial charge in [-0.05, 0) is 41.9 Å². The van der Waals surface area contributed by atoms with Gasteiger partial charge < -0.3 is 5.11 Å². The maximum absolute atomic E-state index is 12.2. The Morgan fingerprint density at radius 2 is 1.65 bits per heavy atom. The zero-order valence-corrected chi connectivity index (χ0v) is 11.5. The van der Waals surface area contributed by atoms with Gasteiger partial charge in [-0.1, -0.05) is 42.0 Å². The summed E-state index contributed by atoms with van der Waals surface area (Å²) in [5, 5.41) is 10.2. The lowest BCUT2D eigenvalue weighted by atomic mass is 10.0. The molecule has 20 heavy (non-hydrogen) atoms. The number of aliphatic hydroxyl groups is 1. The number of aryl methyl sites for hydroxylation is 1. The van der Waals surface area contributed by atoms with Crippen LogP contribution in [-0.2, 0) is 0 Å². The van der Waals surface area contributed by atoms with Crippen molar-refractivity contribution in [2.24, 2.45) is 0 Å². The molecule has 2 rings (SSSR count). The van der Waals surface area contributed by atoms with Crippen molar-refractivity contribution in [2.45, 2.75) is 23.4 Å². The van der Waals surface area contributed by atoms with Crippen LogP contribution in [0, 0.1) is 6.92 Å². The average Bonchev–Trinajstić information content (AvgIpc) is 2.37. The van der Waals surface area contributed by atoms with E-state index < -0.39 is 11.6 Å². The molecular weight excluding hydrogens is 285 g/mol. The van der Waals surface area contributed by atoms with Crippen LogP contribution in [0.4, 0.5) is 13.2 Å². The van der Waals surface area contributed by atoms with E-state index in [4.69, 9.17) is 0 Å². The summed E-state index contributed by atoms with van der Waals surface area (Å²) in [6.07, 6.45) is -0.833. The number of rotatable bonds is 3. The van der Waals surface area contributed by atoms with Crippen LogP contribution in [0.5, 0.6) is 0 Å². The Labute approximate surface area is 119 Å². The van der Waals surface area contributed by atoms with E-state index in [9.17, 15) is 18.3 Å². The molecular formula is C15H13F3OS. The Morgan fingerprint density at radius 3 is 2.20 bits per heavy atom. The third-order valence-electron chi connectivity index (χ3n) is 2.79. The van der Waals surface area contributed by atoms with Crippen LogP contribution in [0.25, 0.3) is 0 Å². The highest BCUT2D eigenvalue weighted by molar-refractivity contribution is 8.00. The van der Waals surface area contributed by atoms with Gasteiger partial charge in [0.05, 0.1) is 0 Å². The maximum Gasteiger partial charge on any atom is 0.446 e. The van der Waals surface area contributed by atoms with Crippen LogP contribution in [0.15, 0.2) is 53.4 Å². The molecule has 0 spiro atoms. The number of thioether (sulfide) groups is 1. The highest BCUT2D eigenvalue weighted by Gasteiger charge is 2.29. The molecule has 0 aliphatic heterocycles. The second kappa shape index (κ2) is 5.89. The fourth-order valence-corrected chi connectivity index (χ4v) is 2.42. The van der Waals surface area contributed by atoms with Crippen molar-refractivity contribution in [3.8, 4) is 0 Å². The summed E-state index contributed by atoms with van der Waals surface area (Å²) in [4.78, 5) is 0.109. The van der Waals surface area contributed by atoms with Gasteiger partial charge in [-0.3, -0.25) is 0 Å². The number of benzene rings is 2. The highest BCUT2D eigenvalue weighted by Crippen LogP contribution is 2.37. The Kier molecular flexibility index (Phi) is 4.40. The van der Waals surface area contributed by atoms with E-state index in [0.29, 0.717) is 5.56 Å². The summed E-state index contributed by atoms with van der Waals surface area (Å²) >= 11 is -0.162. The summed E-state index contributed by atoms with van der Waals surface area (Å²) in [5.74, 6) is 0. The molecule has 0 fully saturated rings. The van der Waals surface area contributed by atoms with Crippen LogP contribution in [0.1, 0.15) is 22.8 Å². The normalized spacial score (nSPS) is 13.2. The molecule has 2 aromatic carbocycles. The quantitative estimate of drug-likeness (QED) is 0.830.